The molecule has 16 heavy (non-hydrogen) atoms. The van der Waals surface area contributed by atoms with Gasteiger partial charge in [-0.2, -0.15) is 13.2 Å². The Morgan fingerprint density at radius 2 is 2.06 bits per heavy atom. The van der Waals surface area contributed by atoms with E-state index in [-0.39, 0.29) is 23.1 Å². The first-order chi connectivity index (χ1) is 7.38. The van der Waals surface area contributed by atoms with Crippen LogP contribution in [-0.2, 0) is 6.18 Å². The quantitative estimate of drug-likeness (QED) is 0.727. The lowest BCUT2D eigenvalue weighted by atomic mass is 10.1. The van der Waals surface area contributed by atoms with Gasteiger partial charge >= 0.3 is 6.18 Å². The monoisotopic (exact) mass is 267 g/mol. The minimum Gasteiger partial charge on any atom is -0.483 e. The zero-order chi connectivity index (χ0) is 11.9. The summed E-state index contributed by atoms with van der Waals surface area (Å²) in [6.07, 6.45) is -4.45. The van der Waals surface area contributed by atoms with Crippen LogP contribution >= 0.6 is 23.8 Å². The first-order valence-corrected chi connectivity index (χ1v) is 5.00. The summed E-state index contributed by atoms with van der Waals surface area (Å²) in [5.74, 6) is 0.197. The number of benzene rings is 1. The Morgan fingerprint density at radius 1 is 1.38 bits per heavy atom. The molecule has 0 aliphatic carbocycles. The zero-order valence-electron chi connectivity index (χ0n) is 7.69. The van der Waals surface area contributed by atoms with E-state index in [1.54, 1.807) is 0 Å². The van der Waals surface area contributed by atoms with Gasteiger partial charge in [0.25, 0.3) is 0 Å². The third-order valence-corrected chi connectivity index (χ3v) is 2.49. The molecule has 1 N–H and O–H groups in total. The molecule has 1 aliphatic heterocycles. The Hall–Kier alpha value is -1.01. The smallest absolute Gasteiger partial charge is 0.416 e. The first-order valence-electron chi connectivity index (χ1n) is 4.21. The molecule has 2 rings (SSSR count). The molecular formula is C9H5ClF3NOS. The van der Waals surface area contributed by atoms with Gasteiger partial charge in [0.2, 0.25) is 0 Å². The molecule has 86 valence electrons. The molecule has 0 amide bonds. The van der Waals surface area contributed by atoms with Crippen molar-refractivity contribution in [3.63, 3.8) is 0 Å². The molecule has 1 aromatic rings. The maximum absolute atomic E-state index is 12.5. The maximum atomic E-state index is 12.5. The van der Waals surface area contributed by atoms with E-state index in [4.69, 9.17) is 28.6 Å². The lowest BCUT2D eigenvalue weighted by Crippen LogP contribution is -2.24. The highest BCUT2D eigenvalue weighted by Gasteiger charge is 2.33. The Bertz CT molecular complexity index is 461. The van der Waals surface area contributed by atoms with Crippen LogP contribution in [0.15, 0.2) is 12.1 Å². The third kappa shape index (κ3) is 2.08. The lowest BCUT2D eigenvalue weighted by molar-refractivity contribution is -0.137. The van der Waals surface area contributed by atoms with Crippen LogP contribution in [0.1, 0.15) is 5.56 Å². The lowest BCUT2D eigenvalue weighted by Gasteiger charge is -2.22. The molecule has 0 saturated heterocycles. The van der Waals surface area contributed by atoms with Gasteiger partial charge in [0.1, 0.15) is 11.6 Å². The SMILES string of the molecule is FC(F)(F)c1cc(Cl)c2c(c1)NC(=S)CO2. The number of ether oxygens (including phenoxy) is 1. The second kappa shape index (κ2) is 3.78. The number of rotatable bonds is 0. The van der Waals surface area contributed by atoms with Crippen molar-refractivity contribution in [2.24, 2.45) is 0 Å². The number of hydrogen-bond acceptors (Lipinski definition) is 2. The molecule has 0 saturated carbocycles. The standard InChI is InChI=1S/C9H5ClF3NOS/c10-5-1-4(9(11,12)13)2-6-8(5)15-3-7(16)14-6/h1-2H,3H2,(H,14,16). The highest BCUT2D eigenvalue weighted by molar-refractivity contribution is 7.80. The molecule has 7 heteroatoms. The van der Waals surface area contributed by atoms with Gasteiger partial charge < -0.3 is 10.1 Å². The normalized spacial score (nSPS) is 15.1. The number of anilines is 1. The van der Waals surface area contributed by atoms with Crippen LogP contribution in [-0.4, -0.2) is 11.6 Å². The molecule has 0 fully saturated rings. The van der Waals surface area contributed by atoms with Gasteiger partial charge in [-0.25, -0.2) is 0 Å². The van der Waals surface area contributed by atoms with E-state index in [2.05, 4.69) is 5.32 Å². The zero-order valence-corrected chi connectivity index (χ0v) is 9.26. The molecule has 0 radical (unpaired) electrons. The van der Waals surface area contributed by atoms with Gasteiger partial charge in [-0.05, 0) is 12.1 Å². The topological polar surface area (TPSA) is 21.3 Å². The van der Waals surface area contributed by atoms with Crippen molar-refractivity contribution in [2.75, 3.05) is 11.9 Å². The Kier molecular flexibility index (Phi) is 2.71. The predicted molar refractivity (Wildman–Crippen MR) is 58.2 cm³/mol. The Labute approximate surface area is 99.3 Å². The van der Waals surface area contributed by atoms with Crippen molar-refractivity contribution >= 4 is 34.5 Å². The Balaban J connectivity index is 2.52. The minimum absolute atomic E-state index is 0.0835. The molecule has 1 aliphatic rings. The first kappa shape index (κ1) is 11.5. The summed E-state index contributed by atoms with van der Waals surface area (Å²) in [4.78, 5) is 0.322. The number of alkyl halides is 3. The van der Waals surface area contributed by atoms with Crippen LogP contribution < -0.4 is 10.1 Å². The summed E-state index contributed by atoms with van der Waals surface area (Å²) in [5, 5.41) is 2.55. The molecule has 0 bridgehead atoms. The van der Waals surface area contributed by atoms with E-state index in [1.165, 1.54) is 0 Å². The maximum Gasteiger partial charge on any atom is 0.416 e. The number of hydrogen-bond donors (Lipinski definition) is 1. The van der Waals surface area contributed by atoms with E-state index < -0.39 is 11.7 Å². The second-order valence-electron chi connectivity index (χ2n) is 3.17. The number of halogens is 4. The molecule has 0 aromatic heterocycles. The van der Waals surface area contributed by atoms with E-state index in [0.29, 0.717) is 4.99 Å². The van der Waals surface area contributed by atoms with Gasteiger partial charge in [-0.1, -0.05) is 23.8 Å². The molecule has 0 unspecified atom stereocenters. The second-order valence-corrected chi connectivity index (χ2v) is 4.07. The van der Waals surface area contributed by atoms with Crippen LogP contribution in [0.4, 0.5) is 18.9 Å². The fraction of sp³-hybridized carbons (Fsp3) is 0.222. The summed E-state index contributed by atoms with van der Waals surface area (Å²) in [7, 11) is 0. The summed E-state index contributed by atoms with van der Waals surface area (Å²) < 4.78 is 42.6. The van der Waals surface area contributed by atoms with E-state index in [1.807, 2.05) is 0 Å². The van der Waals surface area contributed by atoms with Gasteiger partial charge in [-0.3, -0.25) is 0 Å². The Morgan fingerprint density at radius 3 is 2.69 bits per heavy atom. The van der Waals surface area contributed by atoms with Crippen LogP contribution in [0.5, 0.6) is 5.75 Å². The summed E-state index contributed by atoms with van der Waals surface area (Å²) in [6.45, 7) is 0.118. The van der Waals surface area contributed by atoms with Crippen LogP contribution in [0.25, 0.3) is 0 Å². The highest BCUT2D eigenvalue weighted by atomic mass is 35.5. The number of nitrogens with one attached hydrogen (secondary N) is 1. The molecule has 0 atom stereocenters. The van der Waals surface area contributed by atoms with Gasteiger partial charge in [0, 0.05) is 0 Å². The molecule has 1 aromatic carbocycles. The summed E-state index contributed by atoms with van der Waals surface area (Å²) in [6, 6.07) is 1.75. The van der Waals surface area contributed by atoms with Crippen LogP contribution in [0.2, 0.25) is 5.02 Å². The third-order valence-electron chi connectivity index (χ3n) is 1.99. The van der Waals surface area contributed by atoms with Gasteiger partial charge in [0.05, 0.1) is 16.3 Å². The minimum atomic E-state index is -4.45. The number of fused-ring (bicyclic) bond motifs is 1. The van der Waals surface area contributed by atoms with E-state index >= 15 is 0 Å². The molecule has 1 heterocycles. The molecule has 2 nitrogen and oxygen atoms in total. The van der Waals surface area contributed by atoms with Crippen molar-refractivity contribution in [3.05, 3.63) is 22.7 Å². The molecule has 0 spiro atoms. The predicted octanol–water partition coefficient (Wildman–Crippen LogP) is 3.49. The van der Waals surface area contributed by atoms with Crippen molar-refractivity contribution in [1.29, 1.82) is 0 Å². The van der Waals surface area contributed by atoms with Gasteiger partial charge in [-0.15, -0.1) is 0 Å². The summed E-state index contributed by atoms with van der Waals surface area (Å²) in [5.41, 5.74) is -0.687. The van der Waals surface area contributed by atoms with E-state index in [0.717, 1.165) is 12.1 Å². The highest BCUT2D eigenvalue weighted by Crippen LogP contribution is 2.41. The van der Waals surface area contributed by atoms with Gasteiger partial charge in [0.15, 0.2) is 5.75 Å². The molecular weight excluding hydrogens is 263 g/mol. The van der Waals surface area contributed by atoms with Crippen molar-refractivity contribution in [1.82, 2.24) is 0 Å². The van der Waals surface area contributed by atoms with Crippen molar-refractivity contribution in [3.8, 4) is 5.75 Å². The van der Waals surface area contributed by atoms with E-state index in [9.17, 15) is 13.2 Å². The van der Waals surface area contributed by atoms with Crippen LogP contribution in [0.3, 0.4) is 0 Å². The van der Waals surface area contributed by atoms with Crippen LogP contribution in [0, 0.1) is 0 Å². The summed E-state index contributed by atoms with van der Waals surface area (Å²) >= 11 is 10.5. The fourth-order valence-electron chi connectivity index (χ4n) is 1.32. The number of thiocarbonyl (C=S) groups is 1. The average molecular weight is 268 g/mol. The van der Waals surface area contributed by atoms with Crippen molar-refractivity contribution in [2.45, 2.75) is 6.18 Å². The average Bonchev–Trinajstić information content (AvgIpc) is 2.15. The largest absolute Gasteiger partial charge is 0.483 e. The van der Waals surface area contributed by atoms with Crippen molar-refractivity contribution < 1.29 is 17.9 Å². The fourth-order valence-corrected chi connectivity index (χ4v) is 1.76.